The van der Waals surface area contributed by atoms with Crippen LogP contribution in [0.3, 0.4) is 0 Å². The highest BCUT2D eigenvalue weighted by molar-refractivity contribution is 7.99. The predicted molar refractivity (Wildman–Crippen MR) is 86.6 cm³/mol. The van der Waals surface area contributed by atoms with Crippen LogP contribution in [0.15, 0.2) is 18.2 Å². The van der Waals surface area contributed by atoms with Crippen molar-refractivity contribution in [2.75, 3.05) is 37.7 Å². The fraction of sp³-hybridized carbons (Fsp3) is 0.571. The topological polar surface area (TPSA) is 15.3 Å². The highest BCUT2D eigenvalue weighted by Gasteiger charge is 2.12. The van der Waals surface area contributed by atoms with Gasteiger partial charge in [-0.2, -0.15) is 11.8 Å². The number of benzene rings is 1. The third-order valence-corrected chi connectivity index (χ3v) is 4.93. The van der Waals surface area contributed by atoms with E-state index in [1.165, 1.54) is 24.6 Å². The molecule has 1 aromatic rings. The van der Waals surface area contributed by atoms with Crippen molar-refractivity contribution in [3.8, 4) is 0 Å². The summed E-state index contributed by atoms with van der Waals surface area (Å²) < 4.78 is 0. The van der Waals surface area contributed by atoms with Gasteiger partial charge in [-0.3, -0.25) is 0 Å². The largest absolute Gasteiger partial charge is 0.309 e. The lowest BCUT2D eigenvalue weighted by Gasteiger charge is -2.27. The number of nitrogens with zero attached hydrogens (tertiary/aromatic N) is 1. The molecule has 1 N–H and O–H groups in total. The molecule has 0 amide bonds. The van der Waals surface area contributed by atoms with E-state index in [1.54, 1.807) is 0 Å². The average molecular weight is 319 g/mol. The summed E-state index contributed by atoms with van der Waals surface area (Å²) in [7, 11) is 0. The van der Waals surface area contributed by atoms with Crippen molar-refractivity contribution >= 4 is 35.0 Å². The lowest BCUT2D eigenvalue weighted by Crippen LogP contribution is -2.38. The Labute approximate surface area is 129 Å². The first kappa shape index (κ1) is 15.5. The van der Waals surface area contributed by atoms with Crippen LogP contribution in [-0.2, 0) is 0 Å². The quantitative estimate of drug-likeness (QED) is 0.891. The van der Waals surface area contributed by atoms with E-state index in [0.29, 0.717) is 0 Å². The highest BCUT2D eigenvalue weighted by atomic mass is 35.5. The number of hydrogen-bond acceptors (Lipinski definition) is 3. The van der Waals surface area contributed by atoms with E-state index in [2.05, 4.69) is 17.1 Å². The van der Waals surface area contributed by atoms with Crippen LogP contribution in [0.4, 0.5) is 0 Å². The van der Waals surface area contributed by atoms with Gasteiger partial charge >= 0.3 is 0 Å². The summed E-state index contributed by atoms with van der Waals surface area (Å²) in [6, 6.07) is 5.86. The summed E-state index contributed by atoms with van der Waals surface area (Å²) in [6.45, 7) is 6.62. The molecular weight excluding hydrogens is 299 g/mol. The normalized spacial score (nSPS) is 18.5. The van der Waals surface area contributed by atoms with Crippen LogP contribution >= 0.6 is 35.0 Å². The molecule has 106 valence electrons. The van der Waals surface area contributed by atoms with Crippen LogP contribution in [0.25, 0.3) is 0 Å². The molecule has 5 heteroatoms. The molecule has 2 nitrogen and oxygen atoms in total. The molecule has 1 aliphatic heterocycles. The van der Waals surface area contributed by atoms with E-state index in [0.717, 1.165) is 28.7 Å². The van der Waals surface area contributed by atoms with Crippen LogP contribution in [0.5, 0.6) is 0 Å². The van der Waals surface area contributed by atoms with E-state index in [-0.39, 0.29) is 6.04 Å². The van der Waals surface area contributed by atoms with Crippen LogP contribution in [0.1, 0.15) is 18.5 Å². The van der Waals surface area contributed by atoms with Crippen molar-refractivity contribution in [2.45, 2.75) is 13.0 Å². The van der Waals surface area contributed by atoms with Gasteiger partial charge in [-0.05, 0) is 30.7 Å². The van der Waals surface area contributed by atoms with Crippen molar-refractivity contribution in [1.82, 2.24) is 10.2 Å². The van der Waals surface area contributed by atoms with Crippen LogP contribution in [0, 0.1) is 0 Å². The minimum Gasteiger partial charge on any atom is -0.309 e. The van der Waals surface area contributed by atoms with Gasteiger partial charge in [0.05, 0.1) is 0 Å². The molecule has 0 spiro atoms. The Morgan fingerprint density at radius 3 is 2.79 bits per heavy atom. The third kappa shape index (κ3) is 4.83. The van der Waals surface area contributed by atoms with Gasteiger partial charge in [-0.15, -0.1) is 0 Å². The SMILES string of the molecule is CC(NCCN1CCSCC1)c1cc(Cl)ccc1Cl. The Morgan fingerprint density at radius 1 is 1.32 bits per heavy atom. The lowest BCUT2D eigenvalue weighted by molar-refractivity contribution is 0.297. The molecule has 0 saturated carbocycles. The second kappa shape index (κ2) is 7.75. The first-order chi connectivity index (χ1) is 9.16. The third-order valence-electron chi connectivity index (χ3n) is 3.41. The van der Waals surface area contributed by atoms with Gasteiger partial charge in [0.1, 0.15) is 0 Å². The molecule has 1 fully saturated rings. The summed E-state index contributed by atoms with van der Waals surface area (Å²) in [5.74, 6) is 2.52. The zero-order chi connectivity index (χ0) is 13.7. The predicted octanol–water partition coefficient (Wildman–Crippen LogP) is 3.69. The summed E-state index contributed by atoms with van der Waals surface area (Å²) in [5, 5.41) is 5.04. The number of hydrogen-bond donors (Lipinski definition) is 1. The molecule has 1 heterocycles. The summed E-state index contributed by atoms with van der Waals surface area (Å²) in [4.78, 5) is 2.51. The Hall–Kier alpha value is 0.0700. The molecule has 1 atom stereocenters. The molecule has 1 unspecified atom stereocenters. The fourth-order valence-corrected chi connectivity index (χ4v) is 3.66. The molecule has 0 aliphatic carbocycles. The molecule has 0 radical (unpaired) electrons. The molecule has 1 aromatic carbocycles. The number of nitrogens with one attached hydrogen (secondary N) is 1. The van der Waals surface area contributed by atoms with Gasteiger partial charge in [-0.1, -0.05) is 23.2 Å². The highest BCUT2D eigenvalue weighted by Crippen LogP contribution is 2.26. The average Bonchev–Trinajstić information content (AvgIpc) is 2.42. The molecule has 2 rings (SSSR count). The molecule has 19 heavy (non-hydrogen) atoms. The fourth-order valence-electron chi connectivity index (χ4n) is 2.22. The number of rotatable bonds is 5. The standard InChI is InChI=1S/C14H20Cl2N2S/c1-11(13-10-12(15)2-3-14(13)16)17-4-5-18-6-8-19-9-7-18/h2-3,10-11,17H,4-9H2,1H3. The smallest absolute Gasteiger partial charge is 0.0454 e. The second-order valence-electron chi connectivity index (χ2n) is 4.80. The van der Waals surface area contributed by atoms with Crippen molar-refractivity contribution in [3.05, 3.63) is 33.8 Å². The Kier molecular flexibility index (Phi) is 6.30. The van der Waals surface area contributed by atoms with Crippen molar-refractivity contribution in [3.63, 3.8) is 0 Å². The molecule has 1 saturated heterocycles. The van der Waals surface area contributed by atoms with Gasteiger partial charge < -0.3 is 10.2 Å². The van der Waals surface area contributed by atoms with E-state index < -0.39 is 0 Å². The monoisotopic (exact) mass is 318 g/mol. The van der Waals surface area contributed by atoms with Gasteiger partial charge in [-0.25, -0.2) is 0 Å². The van der Waals surface area contributed by atoms with Gasteiger partial charge in [0, 0.05) is 53.8 Å². The van der Waals surface area contributed by atoms with Crippen LogP contribution in [-0.4, -0.2) is 42.6 Å². The second-order valence-corrected chi connectivity index (χ2v) is 6.86. The maximum Gasteiger partial charge on any atom is 0.0454 e. The molecule has 0 aromatic heterocycles. The Morgan fingerprint density at radius 2 is 2.05 bits per heavy atom. The number of halogens is 2. The van der Waals surface area contributed by atoms with Crippen molar-refractivity contribution in [1.29, 1.82) is 0 Å². The summed E-state index contributed by atoms with van der Waals surface area (Å²) >= 11 is 14.3. The first-order valence-electron chi connectivity index (χ1n) is 6.65. The van der Waals surface area contributed by atoms with Crippen LogP contribution in [0.2, 0.25) is 10.0 Å². The zero-order valence-corrected chi connectivity index (χ0v) is 13.5. The zero-order valence-electron chi connectivity index (χ0n) is 11.2. The maximum atomic E-state index is 6.21. The van der Waals surface area contributed by atoms with Gasteiger partial charge in [0.2, 0.25) is 0 Å². The van der Waals surface area contributed by atoms with E-state index in [1.807, 2.05) is 30.0 Å². The van der Waals surface area contributed by atoms with E-state index in [4.69, 9.17) is 23.2 Å². The molecule has 1 aliphatic rings. The Bertz CT molecular complexity index is 408. The lowest BCUT2D eigenvalue weighted by atomic mass is 10.1. The van der Waals surface area contributed by atoms with E-state index >= 15 is 0 Å². The first-order valence-corrected chi connectivity index (χ1v) is 8.56. The minimum absolute atomic E-state index is 0.227. The van der Waals surface area contributed by atoms with Crippen LogP contribution < -0.4 is 5.32 Å². The Balaban J connectivity index is 1.80. The number of thioether (sulfide) groups is 1. The maximum absolute atomic E-state index is 6.21. The van der Waals surface area contributed by atoms with Gasteiger partial charge in [0.15, 0.2) is 0 Å². The molecular formula is C14H20Cl2N2S. The minimum atomic E-state index is 0.227. The summed E-state index contributed by atoms with van der Waals surface area (Å²) in [6.07, 6.45) is 0. The van der Waals surface area contributed by atoms with E-state index in [9.17, 15) is 0 Å². The van der Waals surface area contributed by atoms with Crippen molar-refractivity contribution in [2.24, 2.45) is 0 Å². The van der Waals surface area contributed by atoms with Crippen molar-refractivity contribution < 1.29 is 0 Å². The molecule has 0 bridgehead atoms. The summed E-state index contributed by atoms with van der Waals surface area (Å²) in [5.41, 5.74) is 1.07. The van der Waals surface area contributed by atoms with Gasteiger partial charge in [0.25, 0.3) is 0 Å².